The van der Waals surface area contributed by atoms with Crippen LogP contribution in [0.15, 0.2) is 16.5 Å². The van der Waals surface area contributed by atoms with Gasteiger partial charge < -0.3 is 19.2 Å². The molecule has 1 amide bonds. The van der Waals surface area contributed by atoms with Gasteiger partial charge in [-0.1, -0.05) is 0 Å². The topological polar surface area (TPSA) is 63.9 Å². The van der Waals surface area contributed by atoms with Crippen LogP contribution in [0.25, 0.3) is 0 Å². The van der Waals surface area contributed by atoms with Crippen LogP contribution < -0.4 is 5.32 Å². The van der Waals surface area contributed by atoms with Gasteiger partial charge in [-0.2, -0.15) is 0 Å². The fourth-order valence-corrected chi connectivity index (χ4v) is 3.56. The van der Waals surface area contributed by atoms with Crippen LogP contribution in [0.2, 0.25) is 0 Å². The summed E-state index contributed by atoms with van der Waals surface area (Å²) in [6.45, 7) is 4.84. The van der Waals surface area contributed by atoms with Crippen molar-refractivity contribution >= 4 is 5.91 Å². The number of ether oxygens (including phenoxy) is 2. The van der Waals surface area contributed by atoms with Gasteiger partial charge in [0.1, 0.15) is 17.6 Å². The molecular weight excluding hydrogens is 296 g/mol. The number of nitrogens with one attached hydrogen (secondary N) is 1. The molecule has 128 valence electrons. The van der Waals surface area contributed by atoms with Crippen molar-refractivity contribution in [1.29, 1.82) is 0 Å². The molecule has 2 aliphatic heterocycles. The summed E-state index contributed by atoms with van der Waals surface area (Å²) >= 11 is 0. The Balaban J connectivity index is 1.50. The van der Waals surface area contributed by atoms with Crippen molar-refractivity contribution in [3.8, 4) is 0 Å². The average Bonchev–Trinajstić information content (AvgIpc) is 3.14. The summed E-state index contributed by atoms with van der Waals surface area (Å²) in [5.41, 5.74) is 0. The molecule has 3 rings (SSSR count). The number of aryl methyl sites for hydroxylation is 1. The highest BCUT2D eigenvalue weighted by Gasteiger charge is 2.41. The van der Waals surface area contributed by atoms with Crippen LogP contribution in [0, 0.1) is 6.92 Å². The second kappa shape index (κ2) is 7.47. The molecule has 0 unspecified atom stereocenters. The van der Waals surface area contributed by atoms with Gasteiger partial charge in [-0.3, -0.25) is 9.69 Å². The number of amides is 1. The molecule has 3 atom stereocenters. The predicted molar refractivity (Wildman–Crippen MR) is 85.0 cm³/mol. The van der Waals surface area contributed by atoms with Gasteiger partial charge in [0.05, 0.1) is 19.3 Å². The smallest absolute Gasteiger partial charge is 0.249 e. The zero-order valence-electron chi connectivity index (χ0n) is 13.9. The molecule has 2 aliphatic rings. The molecule has 23 heavy (non-hydrogen) atoms. The Morgan fingerprint density at radius 2 is 2.26 bits per heavy atom. The number of furan rings is 1. The van der Waals surface area contributed by atoms with E-state index in [4.69, 9.17) is 13.9 Å². The monoisotopic (exact) mass is 322 g/mol. The van der Waals surface area contributed by atoms with E-state index in [-0.39, 0.29) is 18.1 Å². The van der Waals surface area contributed by atoms with E-state index in [1.54, 1.807) is 7.11 Å². The maximum atomic E-state index is 12.1. The molecule has 1 aromatic rings. The fourth-order valence-electron chi connectivity index (χ4n) is 3.56. The number of rotatable bonds is 6. The van der Waals surface area contributed by atoms with Gasteiger partial charge >= 0.3 is 0 Å². The van der Waals surface area contributed by atoms with E-state index in [1.165, 1.54) is 0 Å². The van der Waals surface area contributed by atoms with Crippen molar-refractivity contribution in [2.75, 3.05) is 26.8 Å². The van der Waals surface area contributed by atoms with Crippen LogP contribution >= 0.6 is 0 Å². The van der Waals surface area contributed by atoms with E-state index < -0.39 is 0 Å². The molecule has 0 saturated carbocycles. The van der Waals surface area contributed by atoms with E-state index in [9.17, 15) is 4.79 Å². The maximum absolute atomic E-state index is 12.1. The van der Waals surface area contributed by atoms with Crippen LogP contribution in [-0.4, -0.2) is 55.9 Å². The number of likely N-dealkylation sites (tertiary alicyclic amines) is 1. The van der Waals surface area contributed by atoms with Crippen molar-refractivity contribution in [3.63, 3.8) is 0 Å². The second-order valence-electron chi connectivity index (χ2n) is 6.36. The molecule has 0 spiro atoms. The zero-order chi connectivity index (χ0) is 16.2. The third-order valence-corrected chi connectivity index (χ3v) is 4.72. The lowest BCUT2D eigenvalue weighted by molar-refractivity contribution is -0.144. The number of carbonyl (C=O) groups excluding carboxylic acids is 1. The first-order valence-corrected chi connectivity index (χ1v) is 8.39. The first kappa shape index (κ1) is 16.5. The van der Waals surface area contributed by atoms with Crippen LogP contribution in [-0.2, 0) is 20.8 Å². The lowest BCUT2D eigenvalue weighted by Gasteiger charge is -2.35. The van der Waals surface area contributed by atoms with Crippen molar-refractivity contribution in [1.82, 2.24) is 10.2 Å². The minimum atomic E-state index is -0.320. The predicted octanol–water partition coefficient (Wildman–Crippen LogP) is 1.47. The van der Waals surface area contributed by atoms with E-state index >= 15 is 0 Å². The number of methoxy groups -OCH3 is 1. The first-order valence-electron chi connectivity index (χ1n) is 8.39. The summed E-state index contributed by atoms with van der Waals surface area (Å²) in [6.07, 6.45) is 2.57. The van der Waals surface area contributed by atoms with Crippen LogP contribution in [0.4, 0.5) is 0 Å². The summed E-state index contributed by atoms with van der Waals surface area (Å²) in [7, 11) is 1.63. The lowest BCUT2D eigenvalue weighted by atomic mass is 9.98. The van der Waals surface area contributed by atoms with Gasteiger partial charge in [-0.05, 0) is 38.3 Å². The normalized spacial score (nSPS) is 27.8. The Morgan fingerprint density at radius 1 is 1.39 bits per heavy atom. The largest absolute Gasteiger partial charge is 0.465 e. The van der Waals surface area contributed by atoms with E-state index in [1.807, 2.05) is 19.1 Å². The highest BCUT2D eigenvalue weighted by atomic mass is 16.5. The quantitative estimate of drug-likeness (QED) is 0.804. The Hall–Kier alpha value is -1.37. The van der Waals surface area contributed by atoms with E-state index in [0.717, 1.165) is 43.9 Å². The molecular formula is C17H26N2O4. The Kier molecular flexibility index (Phi) is 5.35. The Morgan fingerprint density at radius 3 is 3.00 bits per heavy atom. The minimum Gasteiger partial charge on any atom is -0.465 e. The van der Waals surface area contributed by atoms with Gasteiger partial charge in [-0.25, -0.2) is 0 Å². The second-order valence-corrected chi connectivity index (χ2v) is 6.36. The summed E-state index contributed by atoms with van der Waals surface area (Å²) < 4.78 is 16.7. The number of carbonyl (C=O) groups is 1. The number of nitrogens with zero attached hydrogens (tertiary/aromatic N) is 1. The SMILES string of the molecule is COCCNC(=O)[C@@H]1CC[C@@H]2[C@@H](CCN2Cc2ccc(C)o2)O1. The van der Waals surface area contributed by atoms with Gasteiger partial charge in [0.15, 0.2) is 0 Å². The third kappa shape index (κ3) is 3.94. The molecule has 1 N–H and O–H groups in total. The van der Waals surface area contributed by atoms with Crippen molar-refractivity contribution in [3.05, 3.63) is 23.7 Å². The van der Waals surface area contributed by atoms with Crippen molar-refractivity contribution in [2.24, 2.45) is 0 Å². The molecule has 0 aliphatic carbocycles. The van der Waals surface area contributed by atoms with Crippen LogP contribution in [0.1, 0.15) is 30.8 Å². The lowest BCUT2D eigenvalue weighted by Crippen LogP contribution is -2.48. The molecule has 2 fully saturated rings. The number of fused-ring (bicyclic) bond motifs is 1. The molecule has 6 heteroatoms. The standard InChI is InChI=1S/C17H26N2O4/c1-12-3-4-13(22-12)11-19-9-7-15-14(19)5-6-16(23-15)17(20)18-8-10-21-2/h3-4,14-16H,5-11H2,1-2H3,(H,18,20)/t14-,15-,16+/m1/s1. The Labute approximate surface area is 137 Å². The molecule has 0 bridgehead atoms. The fraction of sp³-hybridized carbons (Fsp3) is 0.706. The van der Waals surface area contributed by atoms with E-state index in [2.05, 4.69) is 10.2 Å². The minimum absolute atomic E-state index is 0.0133. The highest BCUT2D eigenvalue weighted by molar-refractivity contribution is 5.80. The van der Waals surface area contributed by atoms with Crippen molar-refractivity contribution < 1.29 is 18.7 Å². The highest BCUT2D eigenvalue weighted by Crippen LogP contribution is 2.32. The van der Waals surface area contributed by atoms with Crippen LogP contribution in [0.5, 0.6) is 0 Å². The van der Waals surface area contributed by atoms with Gasteiger partial charge in [0, 0.05) is 26.2 Å². The van der Waals surface area contributed by atoms with Gasteiger partial charge in [0.25, 0.3) is 0 Å². The first-order chi connectivity index (χ1) is 11.2. The molecule has 2 saturated heterocycles. The molecule has 6 nitrogen and oxygen atoms in total. The summed E-state index contributed by atoms with van der Waals surface area (Å²) in [6, 6.07) is 4.43. The van der Waals surface area contributed by atoms with E-state index in [0.29, 0.717) is 19.2 Å². The molecule has 1 aromatic heterocycles. The molecule has 0 aromatic carbocycles. The Bertz CT molecular complexity index is 530. The zero-order valence-corrected chi connectivity index (χ0v) is 13.9. The van der Waals surface area contributed by atoms with Crippen LogP contribution in [0.3, 0.4) is 0 Å². The maximum Gasteiger partial charge on any atom is 0.249 e. The van der Waals surface area contributed by atoms with Crippen molar-refractivity contribution in [2.45, 2.75) is 51.0 Å². The van der Waals surface area contributed by atoms with Gasteiger partial charge in [0.2, 0.25) is 5.91 Å². The molecule has 3 heterocycles. The average molecular weight is 322 g/mol. The number of hydrogen-bond acceptors (Lipinski definition) is 5. The third-order valence-electron chi connectivity index (χ3n) is 4.72. The number of hydrogen-bond donors (Lipinski definition) is 1. The molecule has 0 radical (unpaired) electrons. The summed E-state index contributed by atoms with van der Waals surface area (Å²) in [5, 5.41) is 2.87. The summed E-state index contributed by atoms with van der Waals surface area (Å²) in [5.74, 6) is 1.94. The summed E-state index contributed by atoms with van der Waals surface area (Å²) in [4.78, 5) is 14.5. The van der Waals surface area contributed by atoms with Gasteiger partial charge in [-0.15, -0.1) is 0 Å².